The molecule has 2 rings (SSSR count). The van der Waals surface area contributed by atoms with Crippen molar-refractivity contribution in [2.75, 3.05) is 5.32 Å². The first-order chi connectivity index (χ1) is 9.95. The Labute approximate surface area is 129 Å². The van der Waals surface area contributed by atoms with Crippen LogP contribution in [0, 0.1) is 6.92 Å². The number of halogens is 1. The van der Waals surface area contributed by atoms with Crippen molar-refractivity contribution in [3.8, 4) is 5.75 Å². The molecule has 0 atom stereocenters. The minimum atomic E-state index is -0.163. The molecule has 0 saturated carbocycles. The second-order valence-corrected chi connectivity index (χ2v) is 5.54. The van der Waals surface area contributed by atoms with Gasteiger partial charge in [-0.3, -0.25) is 4.79 Å². The highest BCUT2D eigenvalue weighted by Crippen LogP contribution is 2.28. The van der Waals surface area contributed by atoms with E-state index < -0.39 is 0 Å². The molecule has 0 saturated heterocycles. The molecule has 0 aliphatic heterocycles. The van der Waals surface area contributed by atoms with E-state index in [1.54, 1.807) is 30.3 Å². The molecule has 3 nitrogen and oxygen atoms in total. The Hall–Kier alpha value is -2.00. The van der Waals surface area contributed by atoms with Gasteiger partial charge in [0, 0.05) is 11.3 Å². The predicted molar refractivity (Wildman–Crippen MR) is 86.3 cm³/mol. The summed E-state index contributed by atoms with van der Waals surface area (Å²) in [5.41, 5.74) is 2.37. The van der Waals surface area contributed by atoms with E-state index in [2.05, 4.69) is 5.32 Å². The number of amides is 1. The number of carbonyl (C=O) groups is 1. The van der Waals surface area contributed by atoms with Crippen LogP contribution in [0.25, 0.3) is 0 Å². The summed E-state index contributed by atoms with van der Waals surface area (Å²) in [5, 5.41) is 3.30. The molecular formula is C17H18ClNO2. The maximum atomic E-state index is 12.1. The van der Waals surface area contributed by atoms with Gasteiger partial charge in [0.1, 0.15) is 5.75 Å². The van der Waals surface area contributed by atoms with E-state index in [0.717, 1.165) is 5.56 Å². The maximum Gasteiger partial charge on any atom is 0.255 e. The second kappa shape index (κ2) is 6.64. The summed E-state index contributed by atoms with van der Waals surface area (Å²) in [6, 6.07) is 12.6. The largest absolute Gasteiger partial charge is 0.489 e. The molecule has 1 N–H and O–H groups in total. The molecule has 0 aliphatic rings. The number of rotatable bonds is 4. The van der Waals surface area contributed by atoms with Gasteiger partial charge in [-0.1, -0.05) is 29.3 Å². The Morgan fingerprint density at radius 1 is 1.14 bits per heavy atom. The third-order valence-corrected chi connectivity index (χ3v) is 3.16. The lowest BCUT2D eigenvalue weighted by Gasteiger charge is -2.12. The third kappa shape index (κ3) is 4.23. The molecule has 4 heteroatoms. The Morgan fingerprint density at radius 3 is 2.38 bits per heavy atom. The molecule has 0 spiro atoms. The van der Waals surface area contributed by atoms with E-state index >= 15 is 0 Å². The van der Waals surface area contributed by atoms with Crippen LogP contribution in [0.2, 0.25) is 5.02 Å². The molecule has 0 aromatic heterocycles. The van der Waals surface area contributed by atoms with Crippen LogP contribution < -0.4 is 10.1 Å². The zero-order valence-electron chi connectivity index (χ0n) is 12.3. The van der Waals surface area contributed by atoms with E-state index in [-0.39, 0.29) is 12.0 Å². The highest BCUT2D eigenvalue weighted by Gasteiger charge is 2.09. The first-order valence-corrected chi connectivity index (χ1v) is 7.17. The van der Waals surface area contributed by atoms with E-state index in [1.165, 1.54) is 0 Å². The smallest absolute Gasteiger partial charge is 0.255 e. The van der Waals surface area contributed by atoms with Crippen LogP contribution in [0.5, 0.6) is 5.75 Å². The molecular weight excluding hydrogens is 286 g/mol. The minimum Gasteiger partial charge on any atom is -0.489 e. The highest BCUT2D eigenvalue weighted by atomic mass is 35.5. The lowest BCUT2D eigenvalue weighted by Crippen LogP contribution is -2.12. The number of hydrogen-bond acceptors (Lipinski definition) is 2. The van der Waals surface area contributed by atoms with Crippen LogP contribution in [0.3, 0.4) is 0 Å². The molecule has 110 valence electrons. The average molecular weight is 304 g/mol. The second-order valence-electron chi connectivity index (χ2n) is 5.13. The Kier molecular flexibility index (Phi) is 4.86. The van der Waals surface area contributed by atoms with Crippen molar-refractivity contribution in [3.05, 3.63) is 58.6 Å². The standard InChI is InChI=1S/C17H18ClNO2/c1-11(2)21-16-9-8-14(10-15(16)18)19-17(20)13-6-4-12(3)5-7-13/h4-11H,1-3H3,(H,19,20). The van der Waals surface area contributed by atoms with Crippen molar-refractivity contribution in [2.24, 2.45) is 0 Å². The normalized spacial score (nSPS) is 10.5. The molecule has 0 fully saturated rings. The summed E-state index contributed by atoms with van der Waals surface area (Å²) in [6.07, 6.45) is 0.0514. The Balaban J connectivity index is 2.11. The fourth-order valence-corrected chi connectivity index (χ4v) is 2.06. The molecule has 0 unspecified atom stereocenters. The van der Waals surface area contributed by atoms with Crippen LogP contribution in [-0.2, 0) is 0 Å². The molecule has 2 aromatic carbocycles. The van der Waals surface area contributed by atoms with Crippen molar-refractivity contribution in [2.45, 2.75) is 26.9 Å². The van der Waals surface area contributed by atoms with Crippen LogP contribution in [-0.4, -0.2) is 12.0 Å². The topological polar surface area (TPSA) is 38.3 Å². The molecule has 2 aromatic rings. The molecule has 0 bridgehead atoms. The van der Waals surface area contributed by atoms with Gasteiger partial charge in [0.05, 0.1) is 11.1 Å². The van der Waals surface area contributed by atoms with Crippen molar-refractivity contribution in [1.29, 1.82) is 0 Å². The number of nitrogens with one attached hydrogen (secondary N) is 1. The number of hydrogen-bond donors (Lipinski definition) is 1. The zero-order chi connectivity index (χ0) is 15.4. The summed E-state index contributed by atoms with van der Waals surface area (Å²) in [5.74, 6) is 0.448. The molecule has 21 heavy (non-hydrogen) atoms. The summed E-state index contributed by atoms with van der Waals surface area (Å²) >= 11 is 6.15. The predicted octanol–water partition coefficient (Wildman–Crippen LogP) is 4.69. The number of carbonyl (C=O) groups excluding carboxylic acids is 1. The van der Waals surface area contributed by atoms with Crippen molar-refractivity contribution in [3.63, 3.8) is 0 Å². The van der Waals surface area contributed by atoms with E-state index in [9.17, 15) is 4.79 Å². The van der Waals surface area contributed by atoms with Gasteiger partial charge in [0.15, 0.2) is 0 Å². The first kappa shape index (κ1) is 15.4. The SMILES string of the molecule is Cc1ccc(C(=O)Nc2ccc(OC(C)C)c(Cl)c2)cc1. The quantitative estimate of drug-likeness (QED) is 0.890. The van der Waals surface area contributed by atoms with Crippen LogP contribution >= 0.6 is 11.6 Å². The Bertz CT molecular complexity index is 636. The van der Waals surface area contributed by atoms with Crippen molar-refractivity contribution >= 4 is 23.2 Å². The number of benzene rings is 2. The van der Waals surface area contributed by atoms with Gasteiger partial charge >= 0.3 is 0 Å². The summed E-state index contributed by atoms with van der Waals surface area (Å²) in [6.45, 7) is 5.85. The number of aryl methyl sites for hydroxylation is 1. The maximum absolute atomic E-state index is 12.1. The van der Waals surface area contributed by atoms with E-state index in [4.69, 9.17) is 16.3 Å². The molecule has 0 radical (unpaired) electrons. The van der Waals surface area contributed by atoms with Gasteiger partial charge in [-0.15, -0.1) is 0 Å². The van der Waals surface area contributed by atoms with Crippen molar-refractivity contribution < 1.29 is 9.53 Å². The van der Waals surface area contributed by atoms with Gasteiger partial charge in [0.25, 0.3) is 5.91 Å². The first-order valence-electron chi connectivity index (χ1n) is 6.80. The third-order valence-electron chi connectivity index (χ3n) is 2.87. The average Bonchev–Trinajstić information content (AvgIpc) is 2.42. The molecule has 0 aliphatic carbocycles. The van der Waals surface area contributed by atoms with Crippen molar-refractivity contribution in [1.82, 2.24) is 0 Å². The van der Waals surface area contributed by atoms with Crippen LogP contribution in [0.15, 0.2) is 42.5 Å². The van der Waals surface area contributed by atoms with Gasteiger partial charge in [0.2, 0.25) is 0 Å². The monoisotopic (exact) mass is 303 g/mol. The Morgan fingerprint density at radius 2 is 1.81 bits per heavy atom. The summed E-state index contributed by atoms with van der Waals surface area (Å²) < 4.78 is 5.56. The minimum absolute atomic E-state index is 0.0514. The van der Waals surface area contributed by atoms with Gasteiger partial charge in [-0.25, -0.2) is 0 Å². The lowest BCUT2D eigenvalue weighted by atomic mass is 10.1. The fraction of sp³-hybridized carbons (Fsp3) is 0.235. The highest BCUT2D eigenvalue weighted by molar-refractivity contribution is 6.32. The molecule has 0 heterocycles. The summed E-state index contributed by atoms with van der Waals surface area (Å²) in [7, 11) is 0. The van der Waals surface area contributed by atoms with Gasteiger partial charge in [-0.05, 0) is 51.1 Å². The zero-order valence-corrected chi connectivity index (χ0v) is 13.1. The van der Waals surface area contributed by atoms with Gasteiger partial charge in [-0.2, -0.15) is 0 Å². The van der Waals surface area contributed by atoms with Crippen LogP contribution in [0.1, 0.15) is 29.8 Å². The van der Waals surface area contributed by atoms with E-state index in [1.807, 2.05) is 32.9 Å². The number of anilines is 1. The summed E-state index contributed by atoms with van der Waals surface area (Å²) in [4.78, 5) is 12.1. The fourth-order valence-electron chi connectivity index (χ4n) is 1.84. The van der Waals surface area contributed by atoms with E-state index in [0.29, 0.717) is 22.0 Å². The van der Waals surface area contributed by atoms with Gasteiger partial charge < -0.3 is 10.1 Å². The molecule has 1 amide bonds. The lowest BCUT2D eigenvalue weighted by molar-refractivity contribution is 0.102. The van der Waals surface area contributed by atoms with Crippen LogP contribution in [0.4, 0.5) is 5.69 Å². The number of ether oxygens (including phenoxy) is 1.